The highest BCUT2D eigenvalue weighted by Crippen LogP contribution is 2.39. The number of aromatic nitrogens is 12. The summed E-state index contributed by atoms with van der Waals surface area (Å²) in [5.41, 5.74) is -0.917. The largest absolute Gasteiger partial charge is 0.463 e. The third-order valence-electron chi connectivity index (χ3n) is 15.3. The summed E-state index contributed by atoms with van der Waals surface area (Å²) in [6.45, 7) is 9.11. The van der Waals surface area contributed by atoms with Crippen molar-refractivity contribution in [1.29, 1.82) is 0 Å². The molecule has 4 fully saturated rings. The van der Waals surface area contributed by atoms with Crippen LogP contribution in [0.15, 0.2) is 24.8 Å². The minimum atomic E-state index is -1.48. The van der Waals surface area contributed by atoms with Crippen molar-refractivity contribution < 1.29 is 152 Å². The summed E-state index contributed by atoms with van der Waals surface area (Å²) >= 11 is 0. The molecule has 44 nitrogen and oxygen atoms in total. The van der Waals surface area contributed by atoms with E-state index in [4.69, 9.17) is 94.7 Å². The fourth-order valence-corrected chi connectivity index (χ4v) is 11.4. The Hall–Kier alpha value is -10.1. The molecule has 4 aromatic rings. The van der Waals surface area contributed by atoms with Crippen LogP contribution in [0.5, 0.6) is 0 Å². The zero-order valence-electron chi connectivity index (χ0n) is 59.0. The number of nitrogens with zero attached hydrogens (tertiary/aromatic N) is 12. The van der Waals surface area contributed by atoms with Gasteiger partial charge in [0.25, 0.3) is 0 Å². The van der Waals surface area contributed by atoms with Crippen molar-refractivity contribution in [2.24, 2.45) is 5.41 Å². The first-order chi connectivity index (χ1) is 49.8. The van der Waals surface area contributed by atoms with Crippen LogP contribution in [-0.2, 0) is 179 Å². The van der Waals surface area contributed by atoms with Gasteiger partial charge in [-0.2, -0.15) is 0 Å². The van der Waals surface area contributed by atoms with Gasteiger partial charge in [0, 0.05) is 83.1 Å². The Morgan fingerprint density at radius 3 is 0.648 bits per heavy atom. The van der Waals surface area contributed by atoms with Crippen LogP contribution in [0.3, 0.4) is 0 Å². The lowest BCUT2D eigenvalue weighted by molar-refractivity contribution is -0.166. The molecule has 8 rings (SSSR count). The second-order valence-corrected chi connectivity index (χ2v) is 24.3. The van der Waals surface area contributed by atoms with Crippen molar-refractivity contribution in [3.63, 3.8) is 0 Å². The van der Waals surface area contributed by atoms with E-state index in [-0.39, 0.29) is 75.6 Å². The summed E-state index contributed by atoms with van der Waals surface area (Å²) in [6.07, 6.45) is -14.7. The SMILES string of the molecule is CC(=O)OC[C@H]1O[C@@H](n2cc(COCC(COCc3cn([C@@H]4O[C@H](COC(C)=O)[C@@H](OC(C)=O)[C@H]4OC(C)=O)nn3)(COCc3cn([C@@H]4O[C@H](COC(C)=O)[C@@H](OC(C)=O)[C@H]4OC(C)=O)nn3)COCc3cn([C@@H]4O[C@H](COC(C)=O)[C@@H](OC(C)=O)[C@H]4OC(C)=O)nn3)nn2)[C@H](OC(C)=O)[C@@H]1OC(C)=O. The normalized spacial score (nSPS) is 25.5. The molecule has 105 heavy (non-hydrogen) atoms. The zero-order valence-corrected chi connectivity index (χ0v) is 59.0. The smallest absolute Gasteiger partial charge is 0.303 e. The molecule has 4 saturated heterocycles. The molecule has 0 amide bonds. The summed E-state index contributed by atoms with van der Waals surface area (Å²) in [5.74, 6) is -8.94. The molecule has 0 bridgehead atoms. The van der Waals surface area contributed by atoms with Crippen LogP contribution in [0, 0.1) is 5.41 Å². The summed E-state index contributed by atoms with van der Waals surface area (Å²) in [5, 5.41) is 33.8. The Labute approximate surface area is 595 Å². The molecule has 8 heterocycles. The minimum Gasteiger partial charge on any atom is -0.463 e. The number of esters is 12. The van der Waals surface area contributed by atoms with Gasteiger partial charge in [0.2, 0.25) is 0 Å². The topological polar surface area (TPSA) is 512 Å². The number of hydrogen-bond acceptors (Lipinski definition) is 40. The van der Waals surface area contributed by atoms with E-state index in [0.29, 0.717) is 0 Å². The maximum absolute atomic E-state index is 12.5. The molecule has 0 unspecified atom stereocenters. The maximum atomic E-state index is 12.5. The van der Waals surface area contributed by atoms with E-state index in [1.165, 1.54) is 43.5 Å². The molecule has 0 saturated carbocycles. The van der Waals surface area contributed by atoms with E-state index in [2.05, 4.69) is 41.2 Å². The first-order valence-electron chi connectivity index (χ1n) is 32.3. The van der Waals surface area contributed by atoms with Crippen LogP contribution in [0.25, 0.3) is 0 Å². The van der Waals surface area contributed by atoms with Crippen LogP contribution >= 0.6 is 0 Å². The quantitative estimate of drug-likeness (QED) is 0.0369. The lowest BCUT2D eigenvalue weighted by Gasteiger charge is -2.32. The molecule has 0 radical (unpaired) electrons. The van der Waals surface area contributed by atoms with Gasteiger partial charge in [-0.05, 0) is 0 Å². The van der Waals surface area contributed by atoms with Crippen molar-refractivity contribution in [3.05, 3.63) is 47.6 Å². The van der Waals surface area contributed by atoms with E-state index in [1.807, 2.05) is 0 Å². The Morgan fingerprint density at radius 1 is 0.295 bits per heavy atom. The van der Waals surface area contributed by atoms with Crippen LogP contribution in [-0.4, -0.2) is 258 Å². The van der Waals surface area contributed by atoms with Gasteiger partial charge in [0.05, 0.1) is 83.1 Å². The van der Waals surface area contributed by atoms with Crippen LogP contribution in [0.4, 0.5) is 0 Å². The molecule has 16 atom stereocenters. The molecule has 44 heteroatoms. The van der Waals surface area contributed by atoms with E-state index < -0.39 is 202 Å². The van der Waals surface area contributed by atoms with Gasteiger partial charge < -0.3 is 94.7 Å². The Kier molecular flexibility index (Phi) is 28.4. The van der Waals surface area contributed by atoms with Gasteiger partial charge >= 0.3 is 71.6 Å². The Bertz CT molecular complexity index is 3260. The van der Waals surface area contributed by atoms with E-state index in [0.717, 1.165) is 83.1 Å². The van der Waals surface area contributed by atoms with Gasteiger partial charge in [0.1, 0.15) is 73.6 Å². The highest BCUT2D eigenvalue weighted by atomic mass is 16.7. The number of hydrogen-bond donors (Lipinski definition) is 0. The fourth-order valence-electron chi connectivity index (χ4n) is 11.4. The van der Waals surface area contributed by atoms with E-state index in [9.17, 15) is 57.5 Å². The first kappa shape index (κ1) is 80.6. The number of ether oxygens (including phenoxy) is 20. The molecule has 0 aliphatic carbocycles. The standard InChI is InChI=1S/C61H80N12O32/c1-29(74)90-21-45-49(94-33(5)78)53(98-37(9)82)57(102-45)70-13-41(62-66-70)17-86-25-61(26-87-18-42-14-71(67-63-42)58-54(99-38(10)83)50(95-34(6)79)46(103-58)22-91-30(2)75,27-88-19-43-15-72(68-64-43)59-55(100-39(11)84)51(96-35(7)80)47(104-59)23-92-31(3)76)28-89-20-44-16-73(69-65-44)60-56(101-40(12)85)52(97-36(8)81)48(105-60)24-93-32(4)77/h13-16,45-60H,17-28H2,1-12H3/t45-,46-,47-,48-,49-,50-,51-,52-,53-,54-,55-,56-,57-,58-,59-,60-/m1/s1. The fraction of sp³-hybridized carbons (Fsp3) is 0.672. The van der Waals surface area contributed by atoms with Crippen LogP contribution in [0.1, 0.15) is 131 Å². The lowest BCUT2D eigenvalue weighted by Crippen LogP contribution is -2.41. The predicted octanol–water partition coefficient (Wildman–Crippen LogP) is -1.50. The molecule has 4 aliphatic rings. The molecule has 0 aromatic carbocycles. The number of carbonyl (C=O) groups is 12. The van der Waals surface area contributed by atoms with Crippen LogP contribution in [0.2, 0.25) is 0 Å². The molecule has 4 aliphatic heterocycles. The second-order valence-electron chi connectivity index (χ2n) is 24.3. The maximum Gasteiger partial charge on any atom is 0.303 e. The summed E-state index contributed by atoms with van der Waals surface area (Å²) < 4.78 is 120. The molecule has 0 N–H and O–H groups in total. The van der Waals surface area contributed by atoms with Crippen molar-refractivity contribution in [3.8, 4) is 0 Å². The van der Waals surface area contributed by atoms with Gasteiger partial charge in [-0.15, -0.1) is 20.4 Å². The van der Waals surface area contributed by atoms with Crippen molar-refractivity contribution >= 4 is 71.6 Å². The summed E-state index contributed by atoms with van der Waals surface area (Å²) in [4.78, 5) is 147. The lowest BCUT2D eigenvalue weighted by atomic mass is 9.92. The summed E-state index contributed by atoms with van der Waals surface area (Å²) in [7, 11) is 0. The van der Waals surface area contributed by atoms with Gasteiger partial charge in [0.15, 0.2) is 73.7 Å². The third kappa shape index (κ3) is 22.9. The third-order valence-corrected chi connectivity index (χ3v) is 15.3. The minimum absolute atomic E-state index is 0.140. The summed E-state index contributed by atoms with van der Waals surface area (Å²) in [6, 6.07) is 0. The van der Waals surface area contributed by atoms with Gasteiger partial charge in [-0.3, -0.25) is 57.5 Å². The Balaban J connectivity index is 1.11. The van der Waals surface area contributed by atoms with E-state index in [1.54, 1.807) is 0 Å². The average molecular weight is 1490 g/mol. The molecule has 0 spiro atoms. The highest BCUT2D eigenvalue weighted by Gasteiger charge is 2.55. The molecule has 4 aromatic heterocycles. The predicted molar refractivity (Wildman–Crippen MR) is 328 cm³/mol. The van der Waals surface area contributed by atoms with Crippen molar-refractivity contribution in [2.45, 2.75) is 208 Å². The molecule has 576 valence electrons. The van der Waals surface area contributed by atoms with E-state index >= 15 is 0 Å². The first-order valence-corrected chi connectivity index (χ1v) is 32.3. The zero-order chi connectivity index (χ0) is 76.4. The highest BCUT2D eigenvalue weighted by molar-refractivity contribution is 5.71. The van der Waals surface area contributed by atoms with Crippen molar-refractivity contribution in [2.75, 3.05) is 52.9 Å². The number of rotatable bonds is 36. The number of carbonyl (C=O) groups excluding carboxylic acids is 12. The second kappa shape index (κ2) is 37.0. The van der Waals surface area contributed by atoms with Crippen molar-refractivity contribution in [1.82, 2.24) is 60.0 Å². The average Bonchev–Trinajstić information content (AvgIpc) is 1.67. The molecular formula is C61H80N12O32. The van der Waals surface area contributed by atoms with Gasteiger partial charge in [-0.1, -0.05) is 20.9 Å². The molecular weight excluding hydrogens is 1410 g/mol. The van der Waals surface area contributed by atoms with Crippen LogP contribution < -0.4 is 0 Å². The monoisotopic (exact) mass is 1490 g/mol. The Morgan fingerprint density at radius 2 is 0.476 bits per heavy atom. The van der Waals surface area contributed by atoms with Gasteiger partial charge in [-0.25, -0.2) is 18.7 Å².